The third-order valence-electron chi connectivity index (χ3n) is 7.42. The maximum absolute atomic E-state index is 12.7. The zero-order chi connectivity index (χ0) is 20.6. The van der Waals surface area contributed by atoms with Crippen LogP contribution in [0.25, 0.3) is 0 Å². The number of hydrogen-bond donors (Lipinski definition) is 2. The van der Waals surface area contributed by atoms with Crippen molar-refractivity contribution in [2.45, 2.75) is 83.0 Å². The molecule has 2 amide bonds. The van der Waals surface area contributed by atoms with Crippen LogP contribution in [0.3, 0.4) is 0 Å². The van der Waals surface area contributed by atoms with Gasteiger partial charge in [-0.3, -0.25) is 9.59 Å². The molecule has 4 aliphatic rings. The lowest BCUT2D eigenvalue weighted by Gasteiger charge is -2.59. The van der Waals surface area contributed by atoms with Crippen LogP contribution >= 0.6 is 11.8 Å². The van der Waals surface area contributed by atoms with Crippen LogP contribution in [0.1, 0.15) is 64.6 Å². The highest BCUT2D eigenvalue weighted by Crippen LogP contribution is 2.61. The van der Waals surface area contributed by atoms with Gasteiger partial charge in [0.25, 0.3) is 0 Å². The van der Waals surface area contributed by atoms with Crippen LogP contribution in [-0.4, -0.2) is 38.4 Å². The van der Waals surface area contributed by atoms with Crippen LogP contribution < -0.4 is 11.1 Å². The topological polar surface area (TPSA) is 103 Å². The van der Waals surface area contributed by atoms with Gasteiger partial charge in [0.05, 0.1) is 5.75 Å². The highest BCUT2D eigenvalue weighted by molar-refractivity contribution is 7.99. The first-order valence-electron chi connectivity index (χ1n) is 11.0. The number of carbonyl (C=O) groups is 2. The Kier molecular flexibility index (Phi) is 5.91. The summed E-state index contributed by atoms with van der Waals surface area (Å²) in [7, 11) is 0. The molecule has 1 heterocycles. The van der Waals surface area contributed by atoms with Crippen molar-refractivity contribution in [2.24, 2.45) is 28.9 Å². The molecule has 4 bridgehead atoms. The Hall–Kier alpha value is -1.57. The molecule has 1 aromatic rings. The molecule has 0 aliphatic heterocycles. The van der Waals surface area contributed by atoms with Crippen LogP contribution in [-0.2, 0) is 22.6 Å². The molecule has 1 atom stereocenters. The van der Waals surface area contributed by atoms with Crippen LogP contribution in [0.15, 0.2) is 5.16 Å². The molecule has 1 aromatic heterocycles. The number of amides is 2. The fourth-order valence-corrected chi connectivity index (χ4v) is 7.27. The third kappa shape index (κ3) is 4.32. The highest BCUT2D eigenvalue weighted by Gasteiger charge is 2.53. The number of primary amides is 1. The summed E-state index contributed by atoms with van der Waals surface area (Å²) >= 11 is 1.41. The van der Waals surface area contributed by atoms with Gasteiger partial charge in [-0.05, 0) is 75.5 Å². The molecule has 0 unspecified atom stereocenters. The smallest absolute Gasteiger partial charge is 0.230 e. The highest BCUT2D eigenvalue weighted by atomic mass is 32.2. The molecule has 0 saturated heterocycles. The summed E-state index contributed by atoms with van der Waals surface area (Å²) in [6.07, 6.45) is 8.86. The second kappa shape index (κ2) is 8.28. The van der Waals surface area contributed by atoms with Gasteiger partial charge in [-0.1, -0.05) is 11.8 Å². The number of carbonyl (C=O) groups excluding carboxylic acids is 2. The van der Waals surface area contributed by atoms with E-state index in [9.17, 15) is 9.59 Å². The Balaban J connectivity index is 1.32. The van der Waals surface area contributed by atoms with Crippen molar-refractivity contribution in [1.29, 1.82) is 0 Å². The van der Waals surface area contributed by atoms with Crippen molar-refractivity contribution in [2.75, 3.05) is 5.75 Å². The molecular formula is C21H33N5O2S. The van der Waals surface area contributed by atoms with E-state index in [2.05, 4.69) is 22.4 Å². The molecule has 160 valence electrons. The predicted octanol–water partition coefficient (Wildman–Crippen LogP) is 2.53. The molecule has 0 aromatic carbocycles. The van der Waals surface area contributed by atoms with Crippen molar-refractivity contribution in [3.8, 4) is 0 Å². The molecule has 4 fully saturated rings. The van der Waals surface area contributed by atoms with E-state index in [4.69, 9.17) is 5.73 Å². The predicted molar refractivity (Wildman–Crippen MR) is 112 cm³/mol. The zero-order valence-corrected chi connectivity index (χ0v) is 18.3. The van der Waals surface area contributed by atoms with Crippen LogP contribution in [0, 0.1) is 23.2 Å². The van der Waals surface area contributed by atoms with E-state index in [0.717, 1.165) is 28.7 Å². The minimum Gasteiger partial charge on any atom is -0.370 e. The molecule has 7 nitrogen and oxygen atoms in total. The molecule has 5 rings (SSSR count). The Labute approximate surface area is 177 Å². The van der Waals surface area contributed by atoms with Crippen LogP contribution in [0.2, 0.25) is 0 Å². The summed E-state index contributed by atoms with van der Waals surface area (Å²) < 4.78 is 1.96. The molecule has 0 spiro atoms. The maximum Gasteiger partial charge on any atom is 0.230 e. The van der Waals surface area contributed by atoms with Gasteiger partial charge in [0.1, 0.15) is 5.82 Å². The maximum atomic E-state index is 12.7. The summed E-state index contributed by atoms with van der Waals surface area (Å²) in [5, 5.41) is 12.4. The zero-order valence-electron chi connectivity index (χ0n) is 17.5. The first-order valence-corrected chi connectivity index (χ1v) is 12.0. The van der Waals surface area contributed by atoms with Gasteiger partial charge in [-0.2, -0.15) is 0 Å². The van der Waals surface area contributed by atoms with E-state index in [1.54, 1.807) is 0 Å². The average molecular weight is 420 g/mol. The second-order valence-electron chi connectivity index (χ2n) is 9.47. The van der Waals surface area contributed by atoms with Gasteiger partial charge in [0.2, 0.25) is 11.8 Å². The quantitative estimate of drug-likeness (QED) is 0.599. The van der Waals surface area contributed by atoms with Gasteiger partial charge in [0, 0.05) is 25.4 Å². The van der Waals surface area contributed by atoms with E-state index in [1.165, 1.54) is 50.3 Å². The summed E-state index contributed by atoms with van der Waals surface area (Å²) in [4.78, 5) is 23.7. The summed E-state index contributed by atoms with van der Waals surface area (Å²) in [5.41, 5.74) is 5.56. The first kappa shape index (κ1) is 20.7. The van der Waals surface area contributed by atoms with E-state index in [1.807, 2.05) is 11.5 Å². The van der Waals surface area contributed by atoms with Crippen molar-refractivity contribution >= 4 is 23.6 Å². The standard InChI is InChI=1S/C21H33N5O2S/c1-3-26-18(5-4-17(22)27)24-25-20(26)29-12-19(28)23-13(2)21-9-14-6-15(10-21)8-16(7-14)11-21/h13-16H,3-12H2,1-2H3,(H2,22,27)(H,23,28)/t13-,14?,15?,16?,21?/m1/s1. The molecular weight excluding hydrogens is 386 g/mol. The monoisotopic (exact) mass is 419 g/mol. The Morgan fingerprint density at radius 2 is 1.83 bits per heavy atom. The van der Waals surface area contributed by atoms with Gasteiger partial charge < -0.3 is 15.6 Å². The van der Waals surface area contributed by atoms with Gasteiger partial charge in [-0.15, -0.1) is 10.2 Å². The molecule has 3 N–H and O–H groups in total. The average Bonchev–Trinajstić information content (AvgIpc) is 3.05. The van der Waals surface area contributed by atoms with Crippen molar-refractivity contribution in [3.05, 3.63) is 5.82 Å². The molecule has 0 radical (unpaired) electrons. The largest absolute Gasteiger partial charge is 0.370 e. The van der Waals surface area contributed by atoms with Crippen molar-refractivity contribution in [3.63, 3.8) is 0 Å². The molecule has 4 saturated carbocycles. The Morgan fingerprint density at radius 1 is 1.21 bits per heavy atom. The lowest BCUT2D eigenvalue weighted by Crippen LogP contribution is -2.56. The van der Waals surface area contributed by atoms with Crippen LogP contribution in [0.5, 0.6) is 0 Å². The fraction of sp³-hybridized carbons (Fsp3) is 0.810. The van der Waals surface area contributed by atoms with E-state index in [-0.39, 0.29) is 24.3 Å². The first-order chi connectivity index (χ1) is 13.9. The minimum absolute atomic E-state index is 0.0718. The Bertz CT molecular complexity index is 742. The fourth-order valence-electron chi connectivity index (χ4n) is 6.44. The number of aryl methyl sites for hydroxylation is 1. The number of nitrogens with two attached hydrogens (primary N) is 1. The third-order valence-corrected chi connectivity index (χ3v) is 8.39. The normalized spacial score (nSPS) is 31.0. The summed E-state index contributed by atoms with van der Waals surface area (Å²) in [6.45, 7) is 4.93. The van der Waals surface area contributed by atoms with E-state index >= 15 is 0 Å². The minimum atomic E-state index is -0.345. The number of rotatable bonds is 9. The summed E-state index contributed by atoms with van der Waals surface area (Å²) in [6, 6.07) is 0.235. The van der Waals surface area contributed by atoms with Crippen LogP contribution in [0.4, 0.5) is 0 Å². The molecule has 4 aliphatic carbocycles. The van der Waals surface area contributed by atoms with E-state index in [0.29, 0.717) is 24.1 Å². The molecule has 8 heteroatoms. The summed E-state index contributed by atoms with van der Waals surface area (Å²) in [5.74, 6) is 3.47. The van der Waals surface area contributed by atoms with Gasteiger partial charge in [0.15, 0.2) is 5.16 Å². The number of hydrogen-bond acceptors (Lipinski definition) is 5. The number of aromatic nitrogens is 3. The lowest BCUT2D eigenvalue weighted by atomic mass is 9.48. The molecule has 29 heavy (non-hydrogen) atoms. The van der Waals surface area contributed by atoms with Crippen molar-refractivity contribution in [1.82, 2.24) is 20.1 Å². The number of nitrogens with zero attached hydrogens (tertiary/aromatic N) is 3. The lowest BCUT2D eigenvalue weighted by molar-refractivity contribution is -0.123. The SMILES string of the molecule is CCn1c(CCC(N)=O)nnc1SCC(=O)N[C@H](C)C12CC3CC(CC(C3)C1)C2. The van der Waals surface area contributed by atoms with Gasteiger partial charge >= 0.3 is 0 Å². The van der Waals surface area contributed by atoms with E-state index < -0.39 is 0 Å². The second-order valence-corrected chi connectivity index (χ2v) is 10.4. The van der Waals surface area contributed by atoms with Gasteiger partial charge in [-0.25, -0.2) is 0 Å². The van der Waals surface area contributed by atoms with Crippen molar-refractivity contribution < 1.29 is 9.59 Å². The number of nitrogens with one attached hydrogen (secondary N) is 1. The Morgan fingerprint density at radius 3 is 2.38 bits per heavy atom. The number of thioether (sulfide) groups is 1.